The number of aryl methyl sites for hydroxylation is 2. The highest BCUT2D eigenvalue weighted by Gasteiger charge is 2.24. The van der Waals surface area contributed by atoms with Gasteiger partial charge in [0, 0.05) is 25.7 Å². The second-order valence-electron chi connectivity index (χ2n) is 8.07. The Hall–Kier alpha value is -3.40. The highest BCUT2D eigenvalue weighted by Crippen LogP contribution is 2.34. The molecular weight excluding hydrogens is 442 g/mol. The predicted octanol–water partition coefficient (Wildman–Crippen LogP) is 3.53. The molecule has 0 unspecified atom stereocenters. The molecule has 0 atom stereocenters. The first-order valence-electron chi connectivity index (χ1n) is 10.9. The number of carboxylic acids is 1. The number of nitrogens with one attached hydrogen (secondary N) is 1. The van der Waals surface area contributed by atoms with Gasteiger partial charge in [0.05, 0.1) is 21.8 Å². The van der Waals surface area contributed by atoms with Crippen LogP contribution in [0.3, 0.4) is 0 Å². The standard InChI is InChI=1S/C23H27N5O4S/c1-3-16-7-8-18(23(29)30)14-21(16)33(31,32)26-19-13-17(22-24-15-25-27(22)2)9-10-20(19)28-11-5-4-6-12-28/h7-10,13-15,26H,3-6,11-12H2,1-2H3,(H,29,30). The van der Waals surface area contributed by atoms with Crippen LogP contribution < -0.4 is 9.62 Å². The van der Waals surface area contributed by atoms with E-state index in [1.54, 1.807) is 23.9 Å². The highest BCUT2D eigenvalue weighted by molar-refractivity contribution is 7.92. The number of nitrogens with zero attached hydrogens (tertiary/aromatic N) is 4. The van der Waals surface area contributed by atoms with Crippen molar-refractivity contribution in [1.82, 2.24) is 14.8 Å². The monoisotopic (exact) mass is 469 g/mol. The number of sulfonamides is 1. The molecule has 0 saturated carbocycles. The SMILES string of the molecule is CCc1ccc(C(=O)O)cc1S(=O)(=O)Nc1cc(-c2ncnn2C)ccc1N1CCCCC1. The fraction of sp³-hybridized carbons (Fsp3) is 0.348. The summed E-state index contributed by atoms with van der Waals surface area (Å²) in [5.41, 5.74) is 2.42. The summed E-state index contributed by atoms with van der Waals surface area (Å²) >= 11 is 0. The second-order valence-corrected chi connectivity index (χ2v) is 9.72. The lowest BCUT2D eigenvalue weighted by molar-refractivity contribution is 0.0696. The topological polar surface area (TPSA) is 117 Å². The van der Waals surface area contributed by atoms with Crippen molar-refractivity contribution in [2.24, 2.45) is 7.05 Å². The molecule has 174 valence electrons. The number of hydrogen-bond acceptors (Lipinski definition) is 6. The molecule has 1 fully saturated rings. The molecule has 2 aromatic carbocycles. The Morgan fingerprint density at radius 1 is 1.12 bits per heavy atom. The number of piperidine rings is 1. The lowest BCUT2D eigenvalue weighted by atomic mass is 10.1. The number of anilines is 2. The van der Waals surface area contributed by atoms with Crippen molar-refractivity contribution < 1.29 is 18.3 Å². The fourth-order valence-electron chi connectivity index (χ4n) is 4.15. The van der Waals surface area contributed by atoms with Crippen LogP contribution in [0.2, 0.25) is 0 Å². The largest absolute Gasteiger partial charge is 0.478 e. The molecule has 1 aromatic heterocycles. The van der Waals surface area contributed by atoms with Crippen LogP contribution >= 0.6 is 0 Å². The van der Waals surface area contributed by atoms with E-state index in [9.17, 15) is 18.3 Å². The van der Waals surface area contributed by atoms with E-state index in [-0.39, 0.29) is 10.5 Å². The van der Waals surface area contributed by atoms with Crippen LogP contribution in [0.4, 0.5) is 11.4 Å². The summed E-state index contributed by atoms with van der Waals surface area (Å²) in [5.74, 6) is -0.560. The van der Waals surface area contributed by atoms with E-state index in [4.69, 9.17) is 0 Å². The van der Waals surface area contributed by atoms with Gasteiger partial charge in [-0.25, -0.2) is 22.9 Å². The van der Waals surface area contributed by atoms with Gasteiger partial charge in [0.2, 0.25) is 0 Å². The van der Waals surface area contributed by atoms with E-state index < -0.39 is 16.0 Å². The number of benzene rings is 2. The van der Waals surface area contributed by atoms with Gasteiger partial charge in [-0.3, -0.25) is 4.72 Å². The smallest absolute Gasteiger partial charge is 0.335 e. The van der Waals surface area contributed by atoms with Crippen molar-refractivity contribution in [2.75, 3.05) is 22.7 Å². The van der Waals surface area contributed by atoms with Gasteiger partial charge in [-0.2, -0.15) is 5.10 Å². The summed E-state index contributed by atoms with van der Waals surface area (Å²) in [4.78, 5) is 17.9. The molecule has 1 aliphatic heterocycles. The maximum Gasteiger partial charge on any atom is 0.335 e. The molecule has 2 heterocycles. The lowest BCUT2D eigenvalue weighted by Crippen LogP contribution is -2.30. The van der Waals surface area contributed by atoms with Crippen LogP contribution in [0, 0.1) is 0 Å². The van der Waals surface area contributed by atoms with Crippen LogP contribution in [0.5, 0.6) is 0 Å². The highest BCUT2D eigenvalue weighted by atomic mass is 32.2. The fourth-order valence-corrected chi connectivity index (χ4v) is 5.56. The quantitative estimate of drug-likeness (QED) is 0.543. The third-order valence-electron chi connectivity index (χ3n) is 5.89. The first kappa shape index (κ1) is 22.8. The molecule has 9 nitrogen and oxygen atoms in total. The van der Waals surface area contributed by atoms with Gasteiger partial charge in [-0.1, -0.05) is 13.0 Å². The van der Waals surface area contributed by atoms with Crippen molar-refractivity contribution in [3.05, 3.63) is 53.9 Å². The summed E-state index contributed by atoms with van der Waals surface area (Å²) in [5, 5.41) is 13.5. The van der Waals surface area contributed by atoms with Gasteiger partial charge in [-0.05, 0) is 61.6 Å². The summed E-state index contributed by atoms with van der Waals surface area (Å²) in [6.07, 6.45) is 5.13. The lowest BCUT2D eigenvalue weighted by Gasteiger charge is -2.31. The number of aromatic nitrogens is 3. The van der Waals surface area contributed by atoms with Crippen LogP contribution in [0.25, 0.3) is 11.4 Å². The van der Waals surface area contributed by atoms with E-state index in [1.165, 1.54) is 18.5 Å². The minimum Gasteiger partial charge on any atom is -0.478 e. The van der Waals surface area contributed by atoms with Crippen molar-refractivity contribution in [3.8, 4) is 11.4 Å². The average molecular weight is 470 g/mol. The number of hydrogen-bond donors (Lipinski definition) is 2. The Bertz CT molecular complexity index is 1280. The Kier molecular flexibility index (Phi) is 6.37. The minimum absolute atomic E-state index is 0.0291. The van der Waals surface area contributed by atoms with Gasteiger partial charge in [0.25, 0.3) is 10.0 Å². The summed E-state index contributed by atoms with van der Waals surface area (Å²) in [6, 6.07) is 9.78. The molecule has 10 heteroatoms. The third-order valence-corrected chi connectivity index (χ3v) is 7.34. The number of aromatic carboxylic acids is 1. The Morgan fingerprint density at radius 2 is 1.88 bits per heavy atom. The first-order chi connectivity index (χ1) is 15.8. The normalized spacial score (nSPS) is 14.3. The molecule has 33 heavy (non-hydrogen) atoms. The van der Waals surface area contributed by atoms with Crippen LogP contribution in [-0.2, 0) is 23.5 Å². The van der Waals surface area contributed by atoms with E-state index in [1.807, 2.05) is 19.1 Å². The zero-order chi connectivity index (χ0) is 23.6. The summed E-state index contributed by atoms with van der Waals surface area (Å²) in [7, 11) is -2.28. The molecule has 1 saturated heterocycles. The van der Waals surface area contributed by atoms with E-state index >= 15 is 0 Å². The number of carboxylic acid groups (broad SMARTS) is 1. The third kappa shape index (κ3) is 4.70. The minimum atomic E-state index is -4.05. The maximum absolute atomic E-state index is 13.5. The van der Waals surface area contributed by atoms with Gasteiger partial charge in [0.1, 0.15) is 6.33 Å². The van der Waals surface area contributed by atoms with Crippen LogP contribution in [0.15, 0.2) is 47.6 Å². The zero-order valence-corrected chi connectivity index (χ0v) is 19.5. The maximum atomic E-state index is 13.5. The van der Waals surface area contributed by atoms with Crippen molar-refractivity contribution in [1.29, 1.82) is 0 Å². The Balaban J connectivity index is 1.80. The summed E-state index contributed by atoms with van der Waals surface area (Å²) < 4.78 is 31.4. The Labute approximate surface area is 193 Å². The van der Waals surface area contributed by atoms with E-state index in [0.29, 0.717) is 23.5 Å². The molecule has 1 aliphatic rings. The predicted molar refractivity (Wildman–Crippen MR) is 126 cm³/mol. The molecule has 2 N–H and O–H groups in total. The Morgan fingerprint density at radius 3 is 2.52 bits per heavy atom. The molecule has 3 aromatic rings. The van der Waals surface area contributed by atoms with Gasteiger partial charge in [0.15, 0.2) is 5.82 Å². The van der Waals surface area contributed by atoms with Crippen LogP contribution in [-0.4, -0.2) is 47.3 Å². The first-order valence-corrected chi connectivity index (χ1v) is 12.4. The van der Waals surface area contributed by atoms with Gasteiger partial charge >= 0.3 is 5.97 Å². The molecule has 0 amide bonds. The molecule has 0 spiro atoms. The molecule has 0 bridgehead atoms. The number of rotatable bonds is 7. The molecular formula is C23H27N5O4S. The van der Waals surface area contributed by atoms with Crippen molar-refractivity contribution in [2.45, 2.75) is 37.5 Å². The molecule has 4 rings (SSSR count). The van der Waals surface area contributed by atoms with E-state index in [0.717, 1.165) is 43.6 Å². The van der Waals surface area contributed by atoms with Crippen molar-refractivity contribution in [3.63, 3.8) is 0 Å². The van der Waals surface area contributed by atoms with Crippen molar-refractivity contribution >= 4 is 27.4 Å². The van der Waals surface area contributed by atoms with Gasteiger partial charge < -0.3 is 10.0 Å². The molecule has 0 aliphatic carbocycles. The zero-order valence-electron chi connectivity index (χ0n) is 18.7. The number of carbonyl (C=O) groups is 1. The van der Waals surface area contributed by atoms with E-state index in [2.05, 4.69) is 19.7 Å². The second kappa shape index (κ2) is 9.22. The van der Waals surface area contributed by atoms with Gasteiger partial charge in [-0.15, -0.1) is 0 Å². The summed E-state index contributed by atoms with van der Waals surface area (Å²) in [6.45, 7) is 3.52. The molecule has 0 radical (unpaired) electrons. The average Bonchev–Trinajstić information content (AvgIpc) is 3.24. The van der Waals surface area contributed by atoms with Crippen LogP contribution in [0.1, 0.15) is 42.1 Å².